The molecule has 0 unspecified atom stereocenters. The molecule has 0 radical (unpaired) electrons. The Kier molecular flexibility index (Phi) is 7.57. The van der Waals surface area contributed by atoms with Crippen LogP contribution in [0.1, 0.15) is 35.7 Å². The maximum Gasteiger partial charge on any atom is 0.313 e. The van der Waals surface area contributed by atoms with E-state index in [2.05, 4.69) is 27.8 Å². The van der Waals surface area contributed by atoms with Crippen LogP contribution in [-0.4, -0.2) is 48.3 Å². The summed E-state index contributed by atoms with van der Waals surface area (Å²) in [5.41, 5.74) is 1.58. The van der Waals surface area contributed by atoms with E-state index in [-0.39, 0.29) is 11.9 Å². The van der Waals surface area contributed by atoms with Crippen LogP contribution in [0.5, 0.6) is 0 Å². The Balaban J connectivity index is 1.56. The summed E-state index contributed by atoms with van der Waals surface area (Å²) in [6.45, 7) is 4.86. The number of nitrogens with zero attached hydrogens (tertiary/aromatic N) is 1. The maximum atomic E-state index is 12.6. The number of para-hydroxylation sites is 1. The van der Waals surface area contributed by atoms with Gasteiger partial charge in [0.15, 0.2) is 0 Å². The van der Waals surface area contributed by atoms with E-state index in [0.29, 0.717) is 24.3 Å². The molecule has 1 heterocycles. The fourth-order valence-corrected chi connectivity index (χ4v) is 3.68. The molecule has 0 spiro atoms. The van der Waals surface area contributed by atoms with Crippen LogP contribution in [0.2, 0.25) is 0 Å². The Morgan fingerprint density at radius 1 is 0.967 bits per heavy atom. The largest absolute Gasteiger partial charge is 0.348 e. The fourth-order valence-electron chi connectivity index (χ4n) is 3.68. The van der Waals surface area contributed by atoms with Crippen LogP contribution in [0.15, 0.2) is 54.6 Å². The Bertz CT molecular complexity index is 885. The first-order valence-corrected chi connectivity index (χ1v) is 10.3. The number of likely N-dealkylation sites (N-methyl/N-ethyl adjacent to an activating group) is 1. The first-order valence-electron chi connectivity index (χ1n) is 10.3. The van der Waals surface area contributed by atoms with Gasteiger partial charge in [-0.05, 0) is 43.6 Å². The van der Waals surface area contributed by atoms with Crippen molar-refractivity contribution in [3.8, 4) is 0 Å². The molecule has 7 heteroatoms. The van der Waals surface area contributed by atoms with Gasteiger partial charge < -0.3 is 16.0 Å². The molecule has 3 N–H and O–H groups in total. The summed E-state index contributed by atoms with van der Waals surface area (Å²) in [5, 5.41) is 8.11. The van der Waals surface area contributed by atoms with Gasteiger partial charge in [0, 0.05) is 19.1 Å². The summed E-state index contributed by atoms with van der Waals surface area (Å²) in [4.78, 5) is 39.5. The lowest BCUT2D eigenvalue weighted by Crippen LogP contribution is -2.43. The molecular weight excluding hydrogens is 380 g/mol. The van der Waals surface area contributed by atoms with E-state index in [1.165, 1.54) is 0 Å². The van der Waals surface area contributed by atoms with Crippen molar-refractivity contribution in [3.63, 3.8) is 0 Å². The van der Waals surface area contributed by atoms with Gasteiger partial charge in [-0.25, -0.2) is 0 Å². The van der Waals surface area contributed by atoms with E-state index >= 15 is 0 Å². The zero-order chi connectivity index (χ0) is 21.3. The minimum atomic E-state index is -0.778. The molecule has 0 aromatic heterocycles. The van der Waals surface area contributed by atoms with Crippen molar-refractivity contribution in [2.45, 2.75) is 32.4 Å². The van der Waals surface area contributed by atoms with Gasteiger partial charge >= 0.3 is 11.8 Å². The monoisotopic (exact) mass is 408 g/mol. The fraction of sp³-hybridized carbons (Fsp3) is 0.348. The van der Waals surface area contributed by atoms with Gasteiger partial charge in [0.05, 0.1) is 11.3 Å². The van der Waals surface area contributed by atoms with Gasteiger partial charge in [-0.15, -0.1) is 0 Å². The molecule has 1 aliphatic heterocycles. The van der Waals surface area contributed by atoms with E-state index in [1.54, 1.807) is 24.3 Å². The van der Waals surface area contributed by atoms with Gasteiger partial charge in [0.1, 0.15) is 0 Å². The number of hydrogen-bond donors (Lipinski definition) is 3. The lowest BCUT2D eigenvalue weighted by atomic mass is 10.1. The molecule has 2 aromatic rings. The highest BCUT2D eigenvalue weighted by Crippen LogP contribution is 2.16. The van der Waals surface area contributed by atoms with Gasteiger partial charge in [0.2, 0.25) is 0 Å². The highest BCUT2D eigenvalue weighted by atomic mass is 16.2. The predicted molar refractivity (Wildman–Crippen MR) is 116 cm³/mol. The Morgan fingerprint density at radius 2 is 1.70 bits per heavy atom. The number of likely N-dealkylation sites (tertiary alicyclic amines) is 1. The number of benzene rings is 2. The number of anilines is 1. The lowest BCUT2D eigenvalue weighted by molar-refractivity contribution is -0.136. The van der Waals surface area contributed by atoms with Crippen molar-refractivity contribution in [3.05, 3.63) is 65.7 Å². The average Bonchev–Trinajstić information content (AvgIpc) is 3.24. The smallest absolute Gasteiger partial charge is 0.313 e. The van der Waals surface area contributed by atoms with Crippen molar-refractivity contribution in [1.82, 2.24) is 15.5 Å². The molecule has 7 nitrogen and oxygen atoms in total. The second-order valence-electron chi connectivity index (χ2n) is 7.30. The van der Waals surface area contributed by atoms with Crippen LogP contribution in [0, 0.1) is 0 Å². The van der Waals surface area contributed by atoms with Crippen LogP contribution in [0.3, 0.4) is 0 Å². The SMILES string of the molecule is CCN1CCC[C@H]1CNC(=O)C(=O)Nc1ccccc1C(=O)NCc1ccccc1. The number of rotatable bonds is 7. The second-order valence-corrected chi connectivity index (χ2v) is 7.30. The van der Waals surface area contributed by atoms with Crippen molar-refractivity contribution in [1.29, 1.82) is 0 Å². The van der Waals surface area contributed by atoms with Gasteiger partial charge in [-0.3, -0.25) is 19.3 Å². The second kappa shape index (κ2) is 10.5. The Labute approximate surface area is 176 Å². The van der Waals surface area contributed by atoms with Crippen molar-refractivity contribution < 1.29 is 14.4 Å². The van der Waals surface area contributed by atoms with E-state index in [1.807, 2.05) is 30.3 Å². The number of hydrogen-bond acceptors (Lipinski definition) is 4. The maximum absolute atomic E-state index is 12.6. The average molecular weight is 409 g/mol. The van der Waals surface area contributed by atoms with Crippen LogP contribution < -0.4 is 16.0 Å². The number of amides is 3. The van der Waals surface area contributed by atoms with E-state index in [0.717, 1.165) is 31.5 Å². The first-order chi connectivity index (χ1) is 14.6. The summed E-state index contributed by atoms with van der Waals surface area (Å²) in [6.07, 6.45) is 2.12. The Hall–Kier alpha value is -3.19. The Morgan fingerprint density at radius 3 is 2.47 bits per heavy atom. The van der Waals surface area contributed by atoms with Crippen LogP contribution >= 0.6 is 0 Å². The van der Waals surface area contributed by atoms with E-state index in [9.17, 15) is 14.4 Å². The molecule has 0 saturated carbocycles. The summed E-state index contributed by atoms with van der Waals surface area (Å²) in [5.74, 6) is -1.79. The number of carbonyl (C=O) groups excluding carboxylic acids is 3. The first kappa shape index (κ1) is 21.5. The normalized spacial score (nSPS) is 16.1. The van der Waals surface area contributed by atoms with Crippen molar-refractivity contribution in [2.24, 2.45) is 0 Å². The van der Waals surface area contributed by atoms with Crippen molar-refractivity contribution >= 4 is 23.4 Å². The molecule has 30 heavy (non-hydrogen) atoms. The van der Waals surface area contributed by atoms with Crippen LogP contribution in [0.4, 0.5) is 5.69 Å². The summed E-state index contributed by atoms with van der Waals surface area (Å²) in [7, 11) is 0. The summed E-state index contributed by atoms with van der Waals surface area (Å²) < 4.78 is 0. The molecule has 1 atom stereocenters. The predicted octanol–water partition coefficient (Wildman–Crippen LogP) is 2.16. The van der Waals surface area contributed by atoms with Gasteiger partial charge in [-0.2, -0.15) is 0 Å². The molecule has 3 rings (SSSR count). The standard InChI is InChI=1S/C23H28N4O3/c1-2-27-14-8-11-18(27)16-25-22(29)23(30)26-20-13-7-6-12-19(20)21(28)24-15-17-9-4-3-5-10-17/h3-7,9-10,12-13,18H,2,8,11,14-16H2,1H3,(H,24,28)(H,25,29)(H,26,30)/t18-/m0/s1. The highest BCUT2D eigenvalue weighted by Gasteiger charge is 2.25. The molecule has 0 bridgehead atoms. The van der Waals surface area contributed by atoms with Crippen LogP contribution in [0.25, 0.3) is 0 Å². The highest BCUT2D eigenvalue weighted by molar-refractivity contribution is 6.40. The molecule has 1 aliphatic rings. The molecule has 3 amide bonds. The van der Waals surface area contributed by atoms with E-state index in [4.69, 9.17) is 0 Å². The van der Waals surface area contributed by atoms with E-state index < -0.39 is 11.8 Å². The molecule has 158 valence electrons. The third-order valence-electron chi connectivity index (χ3n) is 5.33. The molecule has 2 aromatic carbocycles. The minimum Gasteiger partial charge on any atom is -0.348 e. The quantitative estimate of drug-likeness (QED) is 0.613. The zero-order valence-corrected chi connectivity index (χ0v) is 17.2. The topological polar surface area (TPSA) is 90.5 Å². The number of nitrogens with one attached hydrogen (secondary N) is 3. The van der Waals surface area contributed by atoms with Crippen molar-refractivity contribution in [2.75, 3.05) is 25.0 Å². The summed E-state index contributed by atoms with van der Waals surface area (Å²) in [6, 6.07) is 16.5. The minimum absolute atomic E-state index is 0.266. The third kappa shape index (κ3) is 5.67. The summed E-state index contributed by atoms with van der Waals surface area (Å²) >= 11 is 0. The van der Waals surface area contributed by atoms with Crippen LogP contribution in [-0.2, 0) is 16.1 Å². The molecule has 1 saturated heterocycles. The third-order valence-corrected chi connectivity index (χ3v) is 5.33. The van der Waals surface area contributed by atoms with Gasteiger partial charge in [0.25, 0.3) is 5.91 Å². The van der Waals surface area contributed by atoms with Gasteiger partial charge in [-0.1, -0.05) is 49.4 Å². The lowest BCUT2D eigenvalue weighted by Gasteiger charge is -2.22. The molecular formula is C23H28N4O3. The zero-order valence-electron chi connectivity index (χ0n) is 17.2. The number of carbonyl (C=O) groups is 3. The molecule has 1 fully saturated rings. The molecule has 0 aliphatic carbocycles.